The first-order chi connectivity index (χ1) is 15.8. The Hall–Kier alpha value is -2.05. The van der Waals surface area contributed by atoms with Gasteiger partial charge in [0, 0.05) is 37.3 Å². The van der Waals surface area contributed by atoms with Crippen LogP contribution in [0.15, 0.2) is 65.5 Å². The van der Waals surface area contributed by atoms with Gasteiger partial charge in [-0.05, 0) is 34.7 Å². The van der Waals surface area contributed by atoms with Gasteiger partial charge >= 0.3 is 0 Å². The van der Waals surface area contributed by atoms with Crippen molar-refractivity contribution in [1.29, 1.82) is 0 Å². The van der Waals surface area contributed by atoms with Gasteiger partial charge in [-0.1, -0.05) is 83.3 Å². The number of benzene rings is 2. The van der Waals surface area contributed by atoms with Crippen molar-refractivity contribution >= 4 is 51.5 Å². The Labute approximate surface area is 207 Å². The van der Waals surface area contributed by atoms with Gasteiger partial charge in [-0.2, -0.15) is 0 Å². The third-order valence-electron chi connectivity index (χ3n) is 6.71. The summed E-state index contributed by atoms with van der Waals surface area (Å²) in [6, 6.07) is 19.3. The van der Waals surface area contributed by atoms with E-state index < -0.39 is 9.96 Å². The number of carbonyl (C=O) groups is 1. The van der Waals surface area contributed by atoms with Crippen LogP contribution in [0.25, 0.3) is 10.8 Å². The average Bonchev–Trinajstić information content (AvgIpc) is 2.78. The Morgan fingerprint density at radius 3 is 2.58 bits per heavy atom. The number of carbonyl (C=O) groups excluding carboxylic acids is 1. The molecule has 1 amide bonds. The van der Waals surface area contributed by atoms with Gasteiger partial charge in [-0.15, -0.1) is 0 Å². The largest absolute Gasteiger partial charge is 0.336 e. The number of amides is 1. The molecule has 8 heteroatoms. The van der Waals surface area contributed by atoms with Gasteiger partial charge in [0.05, 0.1) is 6.42 Å². The first-order valence-electron chi connectivity index (χ1n) is 11.1. The van der Waals surface area contributed by atoms with Gasteiger partial charge in [0.1, 0.15) is 6.17 Å². The lowest BCUT2D eigenvalue weighted by Gasteiger charge is -2.47. The number of nitrogens with zero attached hydrogens (tertiary/aromatic N) is 2. The molecule has 172 valence electrons. The summed E-state index contributed by atoms with van der Waals surface area (Å²) in [5.74, 6) is 0.201. The van der Waals surface area contributed by atoms with Gasteiger partial charge in [0.25, 0.3) is 5.56 Å². The lowest BCUT2D eigenvalue weighted by Crippen LogP contribution is -2.60. The van der Waals surface area contributed by atoms with Crippen LogP contribution in [0.5, 0.6) is 0 Å². The van der Waals surface area contributed by atoms with E-state index in [1.54, 1.807) is 12.1 Å². The highest BCUT2D eigenvalue weighted by Gasteiger charge is 2.44. The Balaban J connectivity index is 1.36. The average molecular weight is 505 g/mol. The highest BCUT2D eigenvalue weighted by atomic mass is 35.6. The minimum atomic E-state index is -1.70. The molecule has 1 saturated heterocycles. The number of alkyl halides is 3. The van der Waals surface area contributed by atoms with Crippen molar-refractivity contribution in [3.63, 3.8) is 0 Å². The summed E-state index contributed by atoms with van der Waals surface area (Å²) in [5.41, 5.74) is 1.96. The summed E-state index contributed by atoms with van der Waals surface area (Å²) in [5, 5.41) is 5.11. The van der Waals surface area contributed by atoms with Gasteiger partial charge < -0.3 is 9.88 Å². The molecule has 0 unspecified atom stereocenters. The molecule has 1 fully saturated rings. The Bertz CT molecular complexity index is 1250. The predicted octanol–water partition coefficient (Wildman–Crippen LogP) is 4.48. The van der Waals surface area contributed by atoms with Crippen LogP contribution < -0.4 is 10.9 Å². The Morgan fingerprint density at radius 2 is 1.76 bits per heavy atom. The molecule has 2 bridgehead atoms. The monoisotopic (exact) mass is 503 g/mol. The van der Waals surface area contributed by atoms with Crippen LogP contribution in [0.2, 0.25) is 0 Å². The van der Waals surface area contributed by atoms with E-state index in [1.165, 1.54) is 0 Å². The summed E-state index contributed by atoms with van der Waals surface area (Å²) >= 11 is 19.1. The highest BCUT2D eigenvalue weighted by Crippen LogP contribution is 2.40. The minimum Gasteiger partial charge on any atom is -0.336 e. The minimum absolute atomic E-state index is 0.0250. The summed E-state index contributed by atoms with van der Waals surface area (Å²) in [7, 11) is 0. The van der Waals surface area contributed by atoms with Crippen LogP contribution >= 0.6 is 34.8 Å². The van der Waals surface area contributed by atoms with Gasteiger partial charge in [0.15, 0.2) is 0 Å². The van der Waals surface area contributed by atoms with Crippen LogP contribution in [0.4, 0.5) is 0 Å². The number of piperidine rings is 1. The summed E-state index contributed by atoms with van der Waals surface area (Å²) in [4.78, 5) is 27.4. The molecule has 2 aliphatic heterocycles. The zero-order valence-electron chi connectivity index (χ0n) is 17.9. The fourth-order valence-electron chi connectivity index (χ4n) is 5.35. The molecule has 1 N–H and O–H groups in total. The van der Waals surface area contributed by atoms with Gasteiger partial charge in [-0.25, -0.2) is 0 Å². The standard InChI is InChI=1S/C25H24Cl3N3O2/c26-25(27,28)24(29-22(32)12-18-7-3-6-17-5-1-2-8-20(17)18)30-13-16-11-19(15-30)21-9-4-10-23(33)31(21)14-16/h1-10,16,19,24H,11-15H2,(H,29,32)/t16-,19-,24-/m1/s1. The number of hydrogen-bond donors (Lipinski definition) is 1. The number of fused-ring (bicyclic) bond motifs is 5. The van der Waals surface area contributed by atoms with Gasteiger partial charge in [-0.3, -0.25) is 14.5 Å². The van der Waals surface area contributed by atoms with E-state index in [0.29, 0.717) is 19.6 Å². The normalized spacial score (nSPS) is 21.4. The first-order valence-corrected chi connectivity index (χ1v) is 12.2. The van der Waals surface area contributed by atoms with E-state index in [1.807, 2.05) is 58.0 Å². The van der Waals surface area contributed by atoms with E-state index in [2.05, 4.69) is 5.32 Å². The first kappa shape index (κ1) is 22.7. The molecule has 2 aliphatic rings. The van der Waals surface area contributed by atoms with Crippen molar-refractivity contribution in [2.24, 2.45) is 5.92 Å². The number of rotatable bonds is 4. The number of pyridine rings is 1. The van der Waals surface area contributed by atoms with Crippen molar-refractivity contribution in [2.45, 2.75) is 35.3 Å². The molecule has 33 heavy (non-hydrogen) atoms. The quantitative estimate of drug-likeness (QED) is 0.533. The number of aromatic nitrogens is 1. The molecule has 1 aromatic heterocycles. The molecular weight excluding hydrogens is 481 g/mol. The molecule has 0 spiro atoms. The molecule has 2 aromatic carbocycles. The summed E-state index contributed by atoms with van der Waals surface area (Å²) in [6.07, 6.45) is 0.408. The zero-order valence-corrected chi connectivity index (χ0v) is 20.2. The fraction of sp³-hybridized carbons (Fsp3) is 0.360. The molecule has 0 aliphatic carbocycles. The van der Waals surface area contributed by atoms with E-state index in [9.17, 15) is 9.59 Å². The second kappa shape index (κ2) is 8.95. The molecule has 5 rings (SSSR count). The third kappa shape index (κ3) is 4.65. The molecule has 3 atom stereocenters. The second-order valence-electron chi connectivity index (χ2n) is 8.98. The maximum absolute atomic E-state index is 13.1. The molecule has 0 radical (unpaired) electrons. The SMILES string of the molecule is O=C(Cc1cccc2ccccc12)N[C@H](N1C[C@H]2C[C@H](C1)c1cccc(=O)n1C2)C(Cl)(Cl)Cl. The summed E-state index contributed by atoms with van der Waals surface area (Å²) in [6.45, 7) is 1.88. The molecule has 3 aromatic rings. The number of hydrogen-bond acceptors (Lipinski definition) is 3. The highest BCUT2D eigenvalue weighted by molar-refractivity contribution is 6.68. The molecule has 3 heterocycles. The van der Waals surface area contributed by atoms with Crippen molar-refractivity contribution in [2.75, 3.05) is 13.1 Å². The van der Waals surface area contributed by atoms with Crippen molar-refractivity contribution in [3.05, 3.63) is 82.3 Å². The van der Waals surface area contributed by atoms with Crippen LogP contribution in [-0.2, 0) is 17.8 Å². The van der Waals surface area contributed by atoms with Crippen LogP contribution in [0, 0.1) is 5.92 Å². The van der Waals surface area contributed by atoms with E-state index in [4.69, 9.17) is 34.8 Å². The van der Waals surface area contributed by atoms with E-state index in [0.717, 1.165) is 28.5 Å². The molecular formula is C25H24Cl3N3O2. The van der Waals surface area contributed by atoms with E-state index >= 15 is 0 Å². The predicted molar refractivity (Wildman–Crippen MR) is 133 cm³/mol. The van der Waals surface area contributed by atoms with Crippen LogP contribution in [0.3, 0.4) is 0 Å². The Kier molecular flexibility index (Phi) is 6.17. The fourth-order valence-corrected chi connectivity index (χ4v) is 5.93. The maximum Gasteiger partial charge on any atom is 0.250 e. The van der Waals surface area contributed by atoms with Crippen LogP contribution in [-0.4, -0.2) is 38.4 Å². The lowest BCUT2D eigenvalue weighted by atomic mass is 9.83. The summed E-state index contributed by atoms with van der Waals surface area (Å²) < 4.78 is 0.163. The second-order valence-corrected chi connectivity index (χ2v) is 11.3. The van der Waals surface area contributed by atoms with Crippen LogP contribution in [0.1, 0.15) is 23.6 Å². The van der Waals surface area contributed by atoms with Crippen molar-refractivity contribution in [1.82, 2.24) is 14.8 Å². The maximum atomic E-state index is 13.1. The molecule has 0 saturated carbocycles. The molecule has 5 nitrogen and oxygen atoms in total. The lowest BCUT2D eigenvalue weighted by molar-refractivity contribution is -0.122. The number of nitrogens with one attached hydrogen (secondary N) is 1. The third-order valence-corrected chi connectivity index (χ3v) is 7.33. The van der Waals surface area contributed by atoms with Crippen molar-refractivity contribution in [3.8, 4) is 0 Å². The zero-order chi connectivity index (χ0) is 23.2. The van der Waals surface area contributed by atoms with Crippen molar-refractivity contribution < 1.29 is 4.79 Å². The smallest absolute Gasteiger partial charge is 0.250 e. The number of likely N-dealkylation sites (tertiary alicyclic amines) is 1. The Morgan fingerprint density at radius 1 is 1.00 bits per heavy atom. The van der Waals surface area contributed by atoms with E-state index in [-0.39, 0.29) is 29.7 Å². The topological polar surface area (TPSA) is 54.3 Å². The number of halogens is 3. The van der Waals surface area contributed by atoms with Gasteiger partial charge in [0.2, 0.25) is 9.70 Å².